The van der Waals surface area contributed by atoms with Gasteiger partial charge in [-0.3, -0.25) is 4.57 Å². The van der Waals surface area contributed by atoms with Crippen LogP contribution < -0.4 is 0 Å². The van der Waals surface area contributed by atoms with Crippen LogP contribution in [0.4, 0.5) is 0 Å². The quantitative estimate of drug-likeness (QED) is 0.538. The molecule has 2 nitrogen and oxygen atoms in total. The minimum Gasteiger partial charge on any atom is -0.329 e. The molecule has 1 N–H and O–H groups in total. The predicted octanol–water partition coefficient (Wildman–Crippen LogP) is 5.76. The van der Waals surface area contributed by atoms with Crippen LogP contribution in [0, 0.1) is 4.77 Å². The molecular weight excluding hydrogens is 367 g/mol. The third kappa shape index (κ3) is 2.23. The molecule has 0 saturated heterocycles. The van der Waals surface area contributed by atoms with E-state index >= 15 is 0 Å². The SMILES string of the molecule is S=c1[nH]c2c(Cl)cccc2n1-c1ccc(Br)cc1Cl. The van der Waals surface area contributed by atoms with Crippen molar-refractivity contribution in [3.05, 3.63) is 55.7 Å². The monoisotopic (exact) mass is 372 g/mol. The van der Waals surface area contributed by atoms with Gasteiger partial charge in [0.15, 0.2) is 4.77 Å². The van der Waals surface area contributed by atoms with E-state index in [0.717, 1.165) is 21.2 Å². The number of H-pyrrole nitrogens is 1. The first-order valence-corrected chi connectivity index (χ1v) is 7.38. The molecule has 0 radical (unpaired) electrons. The van der Waals surface area contributed by atoms with Crippen LogP contribution in [0.1, 0.15) is 0 Å². The van der Waals surface area contributed by atoms with Crippen LogP contribution in [0.3, 0.4) is 0 Å². The Morgan fingerprint density at radius 3 is 2.63 bits per heavy atom. The van der Waals surface area contributed by atoms with E-state index in [1.165, 1.54) is 0 Å². The molecule has 0 aliphatic carbocycles. The number of benzene rings is 2. The lowest BCUT2D eigenvalue weighted by molar-refractivity contribution is 1.06. The fourth-order valence-electron chi connectivity index (χ4n) is 2.00. The second-order valence-corrected chi connectivity index (χ2v) is 6.11. The Kier molecular flexibility index (Phi) is 3.43. The van der Waals surface area contributed by atoms with Gasteiger partial charge in [0, 0.05) is 4.47 Å². The van der Waals surface area contributed by atoms with Gasteiger partial charge in [-0.15, -0.1) is 0 Å². The third-order valence-corrected chi connectivity index (χ3v) is 4.21. The Hall–Kier alpha value is -0.810. The molecule has 0 aliphatic rings. The van der Waals surface area contributed by atoms with Gasteiger partial charge in [-0.25, -0.2) is 0 Å². The van der Waals surface area contributed by atoms with Crippen molar-refractivity contribution in [2.75, 3.05) is 0 Å². The van der Waals surface area contributed by atoms with Crippen LogP contribution >= 0.6 is 51.3 Å². The second-order valence-electron chi connectivity index (χ2n) is 4.00. The summed E-state index contributed by atoms with van der Waals surface area (Å²) in [5.41, 5.74) is 2.54. The van der Waals surface area contributed by atoms with E-state index in [1.807, 2.05) is 41.0 Å². The number of aromatic amines is 1. The van der Waals surface area contributed by atoms with Crippen molar-refractivity contribution in [1.82, 2.24) is 9.55 Å². The molecular formula is C13H7BrCl2N2S. The maximum absolute atomic E-state index is 6.29. The van der Waals surface area contributed by atoms with Crippen LogP contribution in [0.2, 0.25) is 10.0 Å². The molecule has 0 unspecified atom stereocenters. The largest absolute Gasteiger partial charge is 0.329 e. The van der Waals surface area contributed by atoms with Crippen LogP contribution in [-0.2, 0) is 0 Å². The van der Waals surface area contributed by atoms with Gasteiger partial charge < -0.3 is 4.98 Å². The Bertz CT molecular complexity index is 838. The lowest BCUT2D eigenvalue weighted by atomic mass is 10.3. The molecule has 0 bridgehead atoms. The first kappa shape index (κ1) is 13.2. The van der Waals surface area contributed by atoms with E-state index in [0.29, 0.717) is 14.8 Å². The van der Waals surface area contributed by atoms with Crippen LogP contribution in [0.15, 0.2) is 40.9 Å². The van der Waals surface area contributed by atoms with E-state index in [4.69, 9.17) is 35.4 Å². The highest BCUT2D eigenvalue weighted by Gasteiger charge is 2.11. The number of rotatable bonds is 1. The summed E-state index contributed by atoms with van der Waals surface area (Å²) in [5.74, 6) is 0. The molecule has 0 atom stereocenters. The highest BCUT2D eigenvalue weighted by Crippen LogP contribution is 2.30. The van der Waals surface area contributed by atoms with Gasteiger partial charge in [-0.1, -0.05) is 45.2 Å². The van der Waals surface area contributed by atoms with Crippen LogP contribution in [0.25, 0.3) is 16.7 Å². The van der Waals surface area contributed by atoms with Crippen molar-refractivity contribution in [3.8, 4) is 5.69 Å². The lowest BCUT2D eigenvalue weighted by Crippen LogP contribution is -1.94. The summed E-state index contributed by atoms with van der Waals surface area (Å²) in [4.78, 5) is 3.11. The summed E-state index contributed by atoms with van der Waals surface area (Å²) in [7, 11) is 0. The van der Waals surface area contributed by atoms with Crippen molar-refractivity contribution in [2.45, 2.75) is 0 Å². The third-order valence-electron chi connectivity index (χ3n) is 2.82. The number of nitrogens with zero attached hydrogens (tertiary/aromatic N) is 1. The molecule has 0 spiro atoms. The number of aromatic nitrogens is 2. The average molecular weight is 374 g/mol. The van der Waals surface area contributed by atoms with Gasteiger partial charge in [0.2, 0.25) is 0 Å². The minimum absolute atomic E-state index is 0.562. The Morgan fingerprint density at radius 1 is 1.11 bits per heavy atom. The smallest absolute Gasteiger partial charge is 0.182 e. The zero-order valence-corrected chi connectivity index (χ0v) is 13.4. The van der Waals surface area contributed by atoms with Gasteiger partial charge in [0.25, 0.3) is 0 Å². The molecule has 0 amide bonds. The average Bonchev–Trinajstić information content (AvgIpc) is 2.68. The van der Waals surface area contributed by atoms with E-state index in [-0.39, 0.29) is 0 Å². The first-order chi connectivity index (χ1) is 9.08. The minimum atomic E-state index is 0.562. The number of hydrogen-bond donors (Lipinski definition) is 1. The zero-order valence-electron chi connectivity index (χ0n) is 9.45. The maximum Gasteiger partial charge on any atom is 0.182 e. The number of imidazole rings is 1. The van der Waals surface area contributed by atoms with E-state index < -0.39 is 0 Å². The summed E-state index contributed by atoms with van der Waals surface area (Å²) < 4.78 is 3.36. The Balaban J connectivity index is 2.40. The van der Waals surface area contributed by atoms with Crippen molar-refractivity contribution >= 4 is 62.4 Å². The molecule has 0 aliphatic heterocycles. The van der Waals surface area contributed by atoms with Gasteiger partial charge in [0.1, 0.15) is 0 Å². The maximum atomic E-state index is 6.29. The molecule has 6 heteroatoms. The predicted molar refractivity (Wildman–Crippen MR) is 86.2 cm³/mol. The molecule has 2 aromatic carbocycles. The van der Waals surface area contributed by atoms with Gasteiger partial charge >= 0.3 is 0 Å². The lowest BCUT2D eigenvalue weighted by Gasteiger charge is -2.07. The summed E-state index contributed by atoms with van der Waals surface area (Å²) in [5, 5.41) is 1.25. The van der Waals surface area contributed by atoms with Crippen LogP contribution in [0.5, 0.6) is 0 Å². The first-order valence-electron chi connectivity index (χ1n) is 5.42. The Labute approximate surface area is 133 Å². The fourth-order valence-corrected chi connectivity index (χ4v) is 3.27. The Morgan fingerprint density at radius 2 is 1.89 bits per heavy atom. The standard InChI is InChI=1S/C13H7BrCl2N2S/c14-7-4-5-10(9(16)6-7)18-11-3-1-2-8(15)12(11)17-13(18)19/h1-6H,(H,17,19). The van der Waals surface area contributed by atoms with E-state index in [1.54, 1.807) is 0 Å². The molecule has 1 aromatic heterocycles. The topological polar surface area (TPSA) is 20.7 Å². The van der Waals surface area contributed by atoms with Gasteiger partial charge in [-0.05, 0) is 42.5 Å². The van der Waals surface area contributed by atoms with Crippen molar-refractivity contribution in [2.24, 2.45) is 0 Å². The number of nitrogens with one attached hydrogen (secondary N) is 1. The summed E-state index contributed by atoms with van der Waals surface area (Å²) >= 11 is 21.2. The zero-order chi connectivity index (χ0) is 13.6. The second kappa shape index (κ2) is 4.94. The molecule has 3 aromatic rings. The summed E-state index contributed by atoms with van der Waals surface area (Å²) in [6.07, 6.45) is 0. The van der Waals surface area contributed by atoms with E-state index in [2.05, 4.69) is 20.9 Å². The number of para-hydroxylation sites is 1. The number of hydrogen-bond acceptors (Lipinski definition) is 1. The molecule has 0 saturated carbocycles. The van der Waals surface area contributed by atoms with Gasteiger partial charge in [-0.2, -0.15) is 0 Å². The molecule has 3 rings (SSSR count). The fraction of sp³-hybridized carbons (Fsp3) is 0. The summed E-state index contributed by atoms with van der Waals surface area (Å²) in [6.45, 7) is 0. The normalized spacial score (nSPS) is 11.1. The van der Waals surface area contributed by atoms with Crippen LogP contribution in [-0.4, -0.2) is 9.55 Å². The molecule has 1 heterocycles. The molecule has 19 heavy (non-hydrogen) atoms. The van der Waals surface area contributed by atoms with Gasteiger partial charge in [0.05, 0.1) is 26.8 Å². The van der Waals surface area contributed by atoms with Crippen molar-refractivity contribution in [3.63, 3.8) is 0 Å². The highest BCUT2D eigenvalue weighted by molar-refractivity contribution is 9.10. The summed E-state index contributed by atoms with van der Waals surface area (Å²) in [6, 6.07) is 11.3. The highest BCUT2D eigenvalue weighted by atomic mass is 79.9. The number of halogens is 3. The molecule has 0 fully saturated rings. The van der Waals surface area contributed by atoms with Crippen molar-refractivity contribution < 1.29 is 0 Å². The van der Waals surface area contributed by atoms with Crippen molar-refractivity contribution in [1.29, 1.82) is 0 Å². The molecule has 96 valence electrons. The van der Waals surface area contributed by atoms with E-state index in [9.17, 15) is 0 Å². The number of fused-ring (bicyclic) bond motifs is 1.